The number of nitrogens with one attached hydrogen (secondary N) is 1. The molecule has 1 heterocycles. The smallest absolute Gasteiger partial charge is 0.173 e. The third kappa shape index (κ3) is 4.74. The third-order valence-corrected chi connectivity index (χ3v) is 4.97. The van der Waals surface area contributed by atoms with Gasteiger partial charge in [0.25, 0.3) is 0 Å². The van der Waals surface area contributed by atoms with Crippen LogP contribution in [0.15, 0.2) is 42.5 Å². The van der Waals surface area contributed by atoms with E-state index in [-0.39, 0.29) is 0 Å². The first kappa shape index (κ1) is 19.1. The van der Waals surface area contributed by atoms with Gasteiger partial charge >= 0.3 is 0 Å². The van der Waals surface area contributed by atoms with E-state index in [1.54, 1.807) is 21.3 Å². The van der Waals surface area contributed by atoms with Crippen molar-refractivity contribution in [3.8, 4) is 17.2 Å². The maximum Gasteiger partial charge on any atom is 0.173 e. The van der Waals surface area contributed by atoms with Crippen molar-refractivity contribution in [1.29, 1.82) is 0 Å². The van der Waals surface area contributed by atoms with Gasteiger partial charge in [-0.15, -0.1) is 0 Å². The average molecular weight is 388 g/mol. The molecule has 1 aliphatic rings. The van der Waals surface area contributed by atoms with Crippen LogP contribution in [0.25, 0.3) is 0 Å². The number of hydrogen-bond donors (Lipinski definition) is 1. The highest BCUT2D eigenvalue weighted by atomic mass is 32.1. The summed E-state index contributed by atoms with van der Waals surface area (Å²) in [6.45, 7) is 3.54. The lowest BCUT2D eigenvalue weighted by atomic mass is 10.2. The number of benzene rings is 2. The highest BCUT2D eigenvalue weighted by Crippen LogP contribution is 2.26. The van der Waals surface area contributed by atoms with Crippen molar-refractivity contribution in [2.24, 2.45) is 0 Å². The van der Waals surface area contributed by atoms with E-state index in [2.05, 4.69) is 27.2 Å². The standard InChI is InChI=1S/C20H25N3O3S/c1-24-17-6-4-16(5-7-17)22-8-10-23(11-9-22)20(27)21-15-12-18(25-2)14-19(13-15)26-3/h4-7,12-14H,8-11H2,1-3H3,(H,21,27). The molecule has 0 bridgehead atoms. The van der Waals surface area contributed by atoms with E-state index in [4.69, 9.17) is 26.4 Å². The molecule has 1 saturated heterocycles. The Morgan fingerprint density at radius 3 is 1.89 bits per heavy atom. The zero-order chi connectivity index (χ0) is 19.2. The molecule has 2 aromatic rings. The Bertz CT molecular complexity index is 752. The van der Waals surface area contributed by atoms with Crippen LogP contribution in [0.4, 0.5) is 11.4 Å². The normalized spacial score (nSPS) is 13.9. The molecule has 2 aromatic carbocycles. The Morgan fingerprint density at radius 2 is 1.37 bits per heavy atom. The molecule has 0 spiro atoms. The minimum Gasteiger partial charge on any atom is -0.497 e. The lowest BCUT2D eigenvalue weighted by molar-refractivity contribution is 0.389. The fourth-order valence-corrected chi connectivity index (χ4v) is 3.34. The van der Waals surface area contributed by atoms with Gasteiger partial charge in [-0.2, -0.15) is 0 Å². The largest absolute Gasteiger partial charge is 0.497 e. The van der Waals surface area contributed by atoms with Crippen molar-refractivity contribution in [2.75, 3.05) is 57.7 Å². The van der Waals surface area contributed by atoms with E-state index in [0.29, 0.717) is 5.11 Å². The lowest BCUT2D eigenvalue weighted by Gasteiger charge is -2.37. The molecule has 1 fully saturated rings. The molecule has 7 heteroatoms. The van der Waals surface area contributed by atoms with E-state index in [1.807, 2.05) is 30.3 Å². The molecule has 0 radical (unpaired) electrons. The number of nitrogens with zero attached hydrogens (tertiary/aromatic N) is 2. The summed E-state index contributed by atoms with van der Waals surface area (Å²) in [6.07, 6.45) is 0. The molecule has 6 nitrogen and oxygen atoms in total. The van der Waals surface area contributed by atoms with E-state index in [1.165, 1.54) is 5.69 Å². The zero-order valence-corrected chi connectivity index (χ0v) is 16.7. The van der Waals surface area contributed by atoms with Crippen molar-refractivity contribution in [3.05, 3.63) is 42.5 Å². The summed E-state index contributed by atoms with van der Waals surface area (Å²) in [7, 11) is 4.95. The van der Waals surface area contributed by atoms with E-state index in [9.17, 15) is 0 Å². The molecule has 0 saturated carbocycles. The SMILES string of the molecule is COc1ccc(N2CCN(C(=S)Nc3cc(OC)cc(OC)c3)CC2)cc1. The maximum absolute atomic E-state index is 5.60. The minimum absolute atomic E-state index is 0.708. The van der Waals surface area contributed by atoms with Gasteiger partial charge in [0.1, 0.15) is 17.2 Å². The van der Waals surface area contributed by atoms with Crippen molar-refractivity contribution >= 4 is 28.7 Å². The summed E-state index contributed by atoms with van der Waals surface area (Å²) in [5, 5.41) is 4.00. The molecular weight excluding hydrogens is 362 g/mol. The first-order valence-corrected chi connectivity index (χ1v) is 9.22. The quantitative estimate of drug-likeness (QED) is 0.791. The van der Waals surface area contributed by atoms with E-state index in [0.717, 1.165) is 49.1 Å². The number of hydrogen-bond acceptors (Lipinski definition) is 5. The number of methoxy groups -OCH3 is 3. The Kier molecular flexibility index (Phi) is 6.24. The summed E-state index contributed by atoms with van der Waals surface area (Å²) in [4.78, 5) is 4.54. The molecular formula is C20H25N3O3S. The molecule has 27 heavy (non-hydrogen) atoms. The molecule has 0 amide bonds. The van der Waals surface area contributed by atoms with Gasteiger partial charge in [0.05, 0.1) is 21.3 Å². The number of anilines is 2. The molecule has 144 valence electrons. The van der Waals surface area contributed by atoms with Crippen LogP contribution in [-0.2, 0) is 0 Å². The lowest BCUT2D eigenvalue weighted by Crippen LogP contribution is -2.50. The van der Waals surface area contributed by atoms with Gasteiger partial charge in [-0.25, -0.2) is 0 Å². The Balaban J connectivity index is 1.58. The van der Waals surface area contributed by atoms with Crippen LogP contribution in [0.1, 0.15) is 0 Å². The van der Waals surface area contributed by atoms with Gasteiger partial charge in [-0.05, 0) is 36.5 Å². The topological polar surface area (TPSA) is 46.2 Å². The highest BCUT2D eigenvalue weighted by Gasteiger charge is 2.19. The summed E-state index contributed by atoms with van der Waals surface area (Å²) in [5.74, 6) is 2.32. The molecule has 3 rings (SSSR count). The van der Waals surface area contributed by atoms with Gasteiger partial charge in [0.15, 0.2) is 5.11 Å². The van der Waals surface area contributed by atoms with Crippen molar-refractivity contribution < 1.29 is 14.2 Å². The van der Waals surface area contributed by atoms with Gasteiger partial charge < -0.3 is 29.3 Å². The summed E-state index contributed by atoms with van der Waals surface area (Å²) in [6, 6.07) is 13.8. The molecule has 0 aromatic heterocycles. The average Bonchev–Trinajstić information content (AvgIpc) is 2.73. The van der Waals surface area contributed by atoms with Crippen LogP contribution in [0, 0.1) is 0 Å². The van der Waals surface area contributed by atoms with Crippen molar-refractivity contribution in [2.45, 2.75) is 0 Å². The van der Waals surface area contributed by atoms with Crippen LogP contribution in [-0.4, -0.2) is 57.5 Å². The second-order valence-corrected chi connectivity index (χ2v) is 6.59. The molecule has 1 aliphatic heterocycles. The molecule has 1 N–H and O–H groups in total. The minimum atomic E-state index is 0.708. The van der Waals surface area contributed by atoms with Gasteiger partial charge in [0.2, 0.25) is 0 Å². The summed E-state index contributed by atoms with van der Waals surface area (Å²) >= 11 is 5.60. The fourth-order valence-electron chi connectivity index (χ4n) is 3.04. The first-order valence-electron chi connectivity index (χ1n) is 8.81. The Hall–Kier alpha value is -2.67. The predicted octanol–water partition coefficient (Wildman–Crippen LogP) is 3.23. The highest BCUT2D eigenvalue weighted by molar-refractivity contribution is 7.80. The Morgan fingerprint density at radius 1 is 0.815 bits per heavy atom. The summed E-state index contributed by atoms with van der Waals surface area (Å²) in [5.41, 5.74) is 2.06. The second kappa shape index (κ2) is 8.81. The first-order chi connectivity index (χ1) is 13.1. The van der Waals surface area contributed by atoms with Crippen molar-refractivity contribution in [3.63, 3.8) is 0 Å². The van der Waals surface area contributed by atoms with Crippen LogP contribution in [0.5, 0.6) is 17.2 Å². The Labute approximate surface area is 165 Å². The zero-order valence-electron chi connectivity index (χ0n) is 15.9. The van der Waals surface area contributed by atoms with Gasteiger partial charge in [-0.1, -0.05) is 0 Å². The van der Waals surface area contributed by atoms with Crippen molar-refractivity contribution in [1.82, 2.24) is 4.90 Å². The number of rotatable bonds is 5. The third-order valence-electron chi connectivity index (χ3n) is 4.61. The van der Waals surface area contributed by atoms with Gasteiger partial charge in [0, 0.05) is 55.8 Å². The van der Waals surface area contributed by atoms with Crippen LogP contribution in [0.2, 0.25) is 0 Å². The van der Waals surface area contributed by atoms with E-state index < -0.39 is 0 Å². The molecule has 0 aliphatic carbocycles. The summed E-state index contributed by atoms with van der Waals surface area (Å²) < 4.78 is 15.8. The fraction of sp³-hybridized carbons (Fsp3) is 0.350. The second-order valence-electron chi connectivity index (χ2n) is 6.20. The van der Waals surface area contributed by atoms with Crippen LogP contribution < -0.4 is 24.4 Å². The van der Waals surface area contributed by atoms with Crippen LogP contribution in [0.3, 0.4) is 0 Å². The number of thiocarbonyl (C=S) groups is 1. The van der Waals surface area contributed by atoms with Gasteiger partial charge in [-0.3, -0.25) is 0 Å². The molecule has 0 atom stereocenters. The predicted molar refractivity (Wildman–Crippen MR) is 113 cm³/mol. The monoisotopic (exact) mass is 387 g/mol. The van der Waals surface area contributed by atoms with Crippen LogP contribution >= 0.6 is 12.2 Å². The number of ether oxygens (including phenoxy) is 3. The maximum atomic E-state index is 5.60. The number of piperazine rings is 1. The molecule has 0 unspecified atom stereocenters. The van der Waals surface area contributed by atoms with E-state index >= 15 is 0 Å².